The number of rotatable bonds is 1. The lowest BCUT2D eigenvalue weighted by Gasteiger charge is -2.52. The topological polar surface area (TPSA) is 35.2 Å². The number of nitrogens with two attached hydrogens (primary N) is 1. The standard InChI is InChI=1S/C11H13NO/c12-7-11-5-8(6-11)13-10-4-2-1-3-9(10)11/h1-4,8H,5-7,12H2. The summed E-state index contributed by atoms with van der Waals surface area (Å²) in [5.74, 6) is 1.05. The normalized spacial score (nSPS) is 34.4. The highest BCUT2D eigenvalue weighted by Gasteiger charge is 2.51. The van der Waals surface area contributed by atoms with E-state index in [1.54, 1.807) is 0 Å². The van der Waals surface area contributed by atoms with E-state index in [1.807, 2.05) is 12.1 Å². The van der Waals surface area contributed by atoms with Gasteiger partial charge in [0.2, 0.25) is 0 Å². The van der Waals surface area contributed by atoms with Crippen molar-refractivity contribution in [1.29, 1.82) is 0 Å². The molecule has 3 aliphatic rings. The summed E-state index contributed by atoms with van der Waals surface area (Å²) in [5.41, 5.74) is 7.40. The fourth-order valence-electron chi connectivity index (χ4n) is 2.58. The monoisotopic (exact) mass is 175 g/mol. The minimum Gasteiger partial charge on any atom is -0.490 e. The second-order valence-corrected chi connectivity index (χ2v) is 4.13. The van der Waals surface area contributed by atoms with Crippen LogP contribution >= 0.6 is 0 Å². The summed E-state index contributed by atoms with van der Waals surface area (Å²) in [6, 6.07) is 8.29. The number of benzene rings is 1. The SMILES string of the molecule is NCC12CC(C1)Oc1ccccc12. The third kappa shape index (κ3) is 0.814. The van der Waals surface area contributed by atoms with Crippen LogP contribution < -0.4 is 10.5 Å². The molecule has 0 amide bonds. The molecule has 2 heterocycles. The van der Waals surface area contributed by atoms with Crippen LogP contribution in [0.1, 0.15) is 18.4 Å². The Morgan fingerprint density at radius 2 is 2.15 bits per heavy atom. The van der Waals surface area contributed by atoms with E-state index in [1.165, 1.54) is 5.56 Å². The van der Waals surface area contributed by atoms with Crippen LogP contribution in [0, 0.1) is 0 Å². The highest BCUT2D eigenvalue weighted by molar-refractivity contribution is 5.45. The van der Waals surface area contributed by atoms with Gasteiger partial charge in [0.25, 0.3) is 0 Å². The van der Waals surface area contributed by atoms with E-state index in [9.17, 15) is 0 Å². The lowest BCUT2D eigenvalue weighted by atomic mass is 9.61. The van der Waals surface area contributed by atoms with Gasteiger partial charge in [-0.05, 0) is 18.9 Å². The molecule has 2 N–H and O–H groups in total. The molecular formula is C11H13NO. The Morgan fingerprint density at radius 3 is 2.92 bits per heavy atom. The summed E-state index contributed by atoms with van der Waals surface area (Å²) in [7, 11) is 0. The molecule has 0 atom stereocenters. The van der Waals surface area contributed by atoms with Crippen molar-refractivity contribution in [2.45, 2.75) is 24.4 Å². The van der Waals surface area contributed by atoms with Gasteiger partial charge in [0, 0.05) is 17.5 Å². The summed E-state index contributed by atoms with van der Waals surface area (Å²) in [6.45, 7) is 0.754. The van der Waals surface area contributed by atoms with Gasteiger partial charge < -0.3 is 10.5 Å². The molecule has 13 heavy (non-hydrogen) atoms. The number of ether oxygens (including phenoxy) is 1. The van der Waals surface area contributed by atoms with Crippen LogP contribution in [-0.2, 0) is 5.41 Å². The summed E-state index contributed by atoms with van der Waals surface area (Å²) in [6.07, 6.45) is 2.65. The molecule has 0 radical (unpaired) electrons. The fraction of sp³-hybridized carbons (Fsp3) is 0.455. The summed E-state index contributed by atoms with van der Waals surface area (Å²) in [4.78, 5) is 0. The van der Waals surface area contributed by atoms with Gasteiger partial charge in [-0.3, -0.25) is 0 Å². The average molecular weight is 175 g/mol. The Bertz CT molecular complexity index is 342. The minimum absolute atomic E-state index is 0.250. The van der Waals surface area contributed by atoms with Gasteiger partial charge >= 0.3 is 0 Å². The molecule has 1 aromatic rings. The number of hydrogen-bond acceptors (Lipinski definition) is 2. The minimum atomic E-state index is 0.250. The maximum absolute atomic E-state index is 5.83. The fourth-order valence-corrected chi connectivity index (χ4v) is 2.58. The van der Waals surface area contributed by atoms with Crippen molar-refractivity contribution in [3.8, 4) is 5.75 Å². The Balaban J connectivity index is 2.15. The summed E-state index contributed by atoms with van der Waals surface area (Å²) < 4.78 is 5.77. The zero-order valence-electron chi connectivity index (χ0n) is 7.49. The first kappa shape index (κ1) is 7.39. The van der Waals surface area contributed by atoms with Crippen molar-refractivity contribution in [3.05, 3.63) is 29.8 Å². The van der Waals surface area contributed by atoms with Gasteiger partial charge in [-0.25, -0.2) is 0 Å². The Morgan fingerprint density at radius 1 is 1.38 bits per heavy atom. The van der Waals surface area contributed by atoms with Gasteiger partial charge in [-0.2, -0.15) is 0 Å². The molecule has 68 valence electrons. The number of hydrogen-bond donors (Lipinski definition) is 1. The maximum atomic E-state index is 5.83. The molecule has 1 aliphatic carbocycles. The van der Waals surface area contributed by atoms with Gasteiger partial charge in [0.15, 0.2) is 0 Å². The summed E-state index contributed by atoms with van der Waals surface area (Å²) >= 11 is 0. The Kier molecular flexibility index (Phi) is 1.29. The van der Waals surface area contributed by atoms with Crippen molar-refractivity contribution < 1.29 is 4.74 Å². The maximum Gasteiger partial charge on any atom is 0.123 e. The van der Waals surface area contributed by atoms with Crippen LogP contribution in [0.25, 0.3) is 0 Å². The van der Waals surface area contributed by atoms with Crippen LogP contribution in [0.4, 0.5) is 0 Å². The van der Waals surface area contributed by atoms with E-state index in [0.717, 1.165) is 25.1 Å². The van der Waals surface area contributed by atoms with Gasteiger partial charge in [-0.1, -0.05) is 18.2 Å². The average Bonchev–Trinajstić information content (AvgIpc) is 2.15. The van der Waals surface area contributed by atoms with E-state index >= 15 is 0 Å². The highest BCUT2D eigenvalue weighted by atomic mass is 16.5. The molecule has 2 aliphatic heterocycles. The van der Waals surface area contributed by atoms with Crippen molar-refractivity contribution in [3.63, 3.8) is 0 Å². The van der Waals surface area contributed by atoms with Gasteiger partial charge in [0.05, 0.1) is 0 Å². The predicted molar refractivity (Wildman–Crippen MR) is 50.8 cm³/mol. The molecule has 0 aromatic heterocycles. The Hall–Kier alpha value is -1.02. The molecule has 0 saturated heterocycles. The van der Waals surface area contributed by atoms with Crippen molar-refractivity contribution in [1.82, 2.24) is 0 Å². The largest absolute Gasteiger partial charge is 0.490 e. The lowest BCUT2D eigenvalue weighted by molar-refractivity contribution is 0.0113. The zero-order chi connectivity index (χ0) is 8.89. The zero-order valence-corrected chi connectivity index (χ0v) is 7.49. The Labute approximate surface area is 77.7 Å². The molecule has 2 bridgehead atoms. The molecular weight excluding hydrogens is 162 g/mol. The first-order valence-electron chi connectivity index (χ1n) is 4.80. The van der Waals surface area contributed by atoms with Gasteiger partial charge in [0.1, 0.15) is 11.9 Å². The molecule has 2 nitrogen and oxygen atoms in total. The van der Waals surface area contributed by atoms with Gasteiger partial charge in [-0.15, -0.1) is 0 Å². The third-order valence-corrected chi connectivity index (χ3v) is 3.38. The van der Waals surface area contributed by atoms with Crippen LogP contribution in [0.5, 0.6) is 5.75 Å². The molecule has 4 rings (SSSR count). The van der Waals surface area contributed by atoms with Crippen LogP contribution in [0.15, 0.2) is 24.3 Å². The van der Waals surface area contributed by atoms with Crippen LogP contribution in [-0.4, -0.2) is 12.6 Å². The van der Waals surface area contributed by atoms with Crippen molar-refractivity contribution in [2.75, 3.05) is 6.54 Å². The molecule has 0 unspecified atom stereocenters. The molecule has 0 spiro atoms. The number of para-hydroxylation sites is 1. The molecule has 2 heteroatoms. The van der Waals surface area contributed by atoms with Crippen LogP contribution in [0.2, 0.25) is 0 Å². The second-order valence-electron chi connectivity index (χ2n) is 4.13. The van der Waals surface area contributed by atoms with E-state index < -0.39 is 0 Å². The quantitative estimate of drug-likeness (QED) is 0.701. The van der Waals surface area contributed by atoms with E-state index in [-0.39, 0.29) is 5.41 Å². The first-order valence-corrected chi connectivity index (χ1v) is 4.80. The van der Waals surface area contributed by atoms with Crippen molar-refractivity contribution in [2.24, 2.45) is 5.73 Å². The smallest absolute Gasteiger partial charge is 0.123 e. The molecule has 1 aromatic carbocycles. The molecule has 1 fully saturated rings. The van der Waals surface area contributed by atoms with E-state index in [2.05, 4.69) is 12.1 Å². The third-order valence-electron chi connectivity index (χ3n) is 3.38. The second kappa shape index (κ2) is 2.26. The first-order chi connectivity index (χ1) is 6.34. The predicted octanol–water partition coefficient (Wildman–Crippen LogP) is 1.44. The van der Waals surface area contributed by atoms with E-state index in [0.29, 0.717) is 6.10 Å². The molecule has 1 saturated carbocycles. The van der Waals surface area contributed by atoms with Crippen LogP contribution in [0.3, 0.4) is 0 Å². The van der Waals surface area contributed by atoms with E-state index in [4.69, 9.17) is 10.5 Å². The lowest BCUT2D eigenvalue weighted by Crippen LogP contribution is -2.55. The summed E-state index contributed by atoms with van der Waals surface area (Å²) in [5, 5.41) is 0. The van der Waals surface area contributed by atoms with Crippen molar-refractivity contribution >= 4 is 0 Å². The highest BCUT2D eigenvalue weighted by Crippen LogP contribution is 2.52.